The SMILES string of the molecule is N#Cc1c(N)cccc1N1CCc2nc(-c3cnc(N4CCC(F)CC4)cn3)sc2C1=O. The highest BCUT2D eigenvalue weighted by Crippen LogP contribution is 2.34. The number of benzene rings is 1. The third-order valence-electron chi connectivity index (χ3n) is 5.79. The Hall–Kier alpha value is -3.58. The monoisotopic (exact) mass is 449 g/mol. The van der Waals surface area contributed by atoms with E-state index in [0.29, 0.717) is 71.4 Å². The summed E-state index contributed by atoms with van der Waals surface area (Å²) in [6, 6.07) is 7.21. The quantitative estimate of drug-likeness (QED) is 0.611. The summed E-state index contributed by atoms with van der Waals surface area (Å²) in [6.07, 6.45) is 4.15. The number of thiazole rings is 1. The summed E-state index contributed by atoms with van der Waals surface area (Å²) in [5, 5.41) is 10.1. The van der Waals surface area contributed by atoms with Crippen LogP contribution in [0.25, 0.3) is 10.7 Å². The van der Waals surface area contributed by atoms with Crippen molar-refractivity contribution in [3.05, 3.63) is 46.7 Å². The molecule has 1 saturated heterocycles. The number of piperidine rings is 1. The Morgan fingerprint density at radius 2 is 2.00 bits per heavy atom. The number of nitrogens with zero attached hydrogens (tertiary/aromatic N) is 6. The normalized spacial score (nSPS) is 16.7. The van der Waals surface area contributed by atoms with Crippen LogP contribution in [0.4, 0.5) is 21.6 Å². The van der Waals surface area contributed by atoms with Crippen LogP contribution >= 0.6 is 11.3 Å². The number of nitriles is 1. The average molecular weight is 450 g/mol. The van der Waals surface area contributed by atoms with E-state index >= 15 is 0 Å². The first-order valence-corrected chi connectivity index (χ1v) is 11.2. The number of carbonyl (C=O) groups is 1. The van der Waals surface area contributed by atoms with E-state index < -0.39 is 6.17 Å². The summed E-state index contributed by atoms with van der Waals surface area (Å²) in [5.74, 6) is 0.519. The topological polar surface area (TPSA) is 112 Å². The van der Waals surface area contributed by atoms with Crippen LogP contribution in [0.2, 0.25) is 0 Å². The van der Waals surface area contributed by atoms with Crippen LogP contribution < -0.4 is 15.5 Å². The number of anilines is 3. The Bertz CT molecular complexity index is 1210. The van der Waals surface area contributed by atoms with Crippen molar-refractivity contribution >= 4 is 34.4 Å². The summed E-state index contributed by atoms with van der Waals surface area (Å²) in [5.41, 5.74) is 8.40. The van der Waals surface area contributed by atoms with E-state index in [1.54, 1.807) is 35.5 Å². The number of hydrogen-bond donors (Lipinski definition) is 1. The molecule has 0 saturated carbocycles. The van der Waals surface area contributed by atoms with Gasteiger partial charge in [-0.1, -0.05) is 6.07 Å². The van der Waals surface area contributed by atoms with Crippen molar-refractivity contribution < 1.29 is 9.18 Å². The number of halogens is 1. The average Bonchev–Trinajstić information content (AvgIpc) is 3.25. The van der Waals surface area contributed by atoms with Crippen LogP contribution in [-0.2, 0) is 6.42 Å². The maximum absolute atomic E-state index is 13.4. The summed E-state index contributed by atoms with van der Waals surface area (Å²) in [4.78, 5) is 31.0. The molecule has 0 spiro atoms. The molecule has 4 heterocycles. The zero-order valence-electron chi connectivity index (χ0n) is 17.2. The molecular formula is C22H20FN7OS. The third-order valence-corrected chi connectivity index (χ3v) is 6.90. The molecule has 1 amide bonds. The molecule has 0 bridgehead atoms. The van der Waals surface area contributed by atoms with Crippen molar-refractivity contribution in [2.45, 2.75) is 25.4 Å². The van der Waals surface area contributed by atoms with Crippen LogP contribution in [0.5, 0.6) is 0 Å². The van der Waals surface area contributed by atoms with Gasteiger partial charge in [-0.3, -0.25) is 4.79 Å². The molecule has 5 rings (SSSR count). The molecule has 0 atom stereocenters. The smallest absolute Gasteiger partial charge is 0.270 e. The van der Waals surface area contributed by atoms with E-state index in [2.05, 4.69) is 21.0 Å². The number of nitrogen functional groups attached to an aromatic ring is 1. The van der Waals surface area contributed by atoms with Gasteiger partial charge in [0.25, 0.3) is 5.91 Å². The van der Waals surface area contributed by atoms with Crippen LogP contribution in [0.3, 0.4) is 0 Å². The predicted octanol–water partition coefficient (Wildman–Crippen LogP) is 3.20. The Morgan fingerprint density at radius 3 is 2.72 bits per heavy atom. The minimum absolute atomic E-state index is 0.198. The van der Waals surface area contributed by atoms with E-state index in [9.17, 15) is 14.4 Å². The van der Waals surface area contributed by atoms with Crippen LogP contribution in [0.15, 0.2) is 30.6 Å². The van der Waals surface area contributed by atoms with Gasteiger partial charge in [0, 0.05) is 26.1 Å². The first-order valence-electron chi connectivity index (χ1n) is 10.4. The molecule has 162 valence electrons. The summed E-state index contributed by atoms with van der Waals surface area (Å²) in [6.45, 7) is 1.67. The lowest BCUT2D eigenvalue weighted by Gasteiger charge is -2.29. The molecule has 0 radical (unpaired) electrons. The van der Waals surface area contributed by atoms with Gasteiger partial charge in [0.15, 0.2) is 0 Å². The fraction of sp³-hybridized carbons (Fsp3) is 0.318. The number of alkyl halides is 1. The minimum Gasteiger partial charge on any atom is -0.398 e. The first kappa shape index (κ1) is 20.3. The van der Waals surface area contributed by atoms with Gasteiger partial charge in [-0.05, 0) is 25.0 Å². The minimum atomic E-state index is -0.742. The molecule has 8 nitrogen and oxygen atoms in total. The number of fused-ring (bicyclic) bond motifs is 1. The van der Waals surface area contributed by atoms with Crippen molar-refractivity contribution in [1.29, 1.82) is 5.26 Å². The van der Waals surface area contributed by atoms with Gasteiger partial charge in [0.05, 0.1) is 35.0 Å². The molecule has 2 aromatic heterocycles. The Balaban J connectivity index is 1.39. The molecule has 1 aromatic carbocycles. The van der Waals surface area contributed by atoms with Crippen LogP contribution in [0.1, 0.15) is 33.8 Å². The number of aromatic nitrogens is 3. The van der Waals surface area contributed by atoms with Crippen molar-refractivity contribution in [2.24, 2.45) is 0 Å². The highest BCUT2D eigenvalue weighted by atomic mass is 32.1. The number of amides is 1. The zero-order chi connectivity index (χ0) is 22.2. The second kappa shape index (κ2) is 8.16. The molecule has 2 N–H and O–H groups in total. The fourth-order valence-corrected chi connectivity index (χ4v) is 5.07. The number of carbonyl (C=O) groups excluding carboxylic acids is 1. The van der Waals surface area contributed by atoms with E-state index in [1.165, 1.54) is 11.3 Å². The highest BCUT2D eigenvalue weighted by Gasteiger charge is 2.31. The lowest BCUT2D eigenvalue weighted by atomic mass is 10.1. The standard InChI is InChI=1S/C22H20FN7OS/c23-13-4-7-29(8-5-13)19-12-26-17(11-27-19)21-28-16-6-9-30(22(31)20(16)32-21)18-3-1-2-15(25)14(18)10-24/h1-3,11-13H,4-9,25H2. The number of rotatable bonds is 3. The number of nitrogens with two attached hydrogens (primary N) is 1. The van der Waals surface area contributed by atoms with E-state index in [1.807, 2.05) is 4.90 Å². The largest absolute Gasteiger partial charge is 0.398 e. The second-order valence-electron chi connectivity index (χ2n) is 7.78. The summed E-state index contributed by atoms with van der Waals surface area (Å²) >= 11 is 1.27. The molecule has 2 aliphatic heterocycles. The third kappa shape index (κ3) is 3.54. The van der Waals surface area contributed by atoms with Crippen LogP contribution in [0, 0.1) is 11.3 Å². The molecule has 3 aromatic rings. The molecule has 0 unspecified atom stereocenters. The Kier molecular flexibility index (Phi) is 5.19. The predicted molar refractivity (Wildman–Crippen MR) is 120 cm³/mol. The van der Waals surface area contributed by atoms with Gasteiger partial charge in [-0.25, -0.2) is 19.3 Å². The summed E-state index contributed by atoms with van der Waals surface area (Å²) in [7, 11) is 0. The molecule has 10 heteroatoms. The second-order valence-corrected chi connectivity index (χ2v) is 8.78. The van der Waals surface area contributed by atoms with E-state index in [0.717, 1.165) is 11.5 Å². The van der Waals surface area contributed by atoms with Gasteiger partial charge in [-0.2, -0.15) is 5.26 Å². The van der Waals surface area contributed by atoms with E-state index in [-0.39, 0.29) is 5.91 Å². The van der Waals surface area contributed by atoms with Crippen molar-refractivity contribution in [3.8, 4) is 16.8 Å². The van der Waals surface area contributed by atoms with Gasteiger partial charge in [-0.15, -0.1) is 11.3 Å². The van der Waals surface area contributed by atoms with Gasteiger partial charge < -0.3 is 15.5 Å². The maximum atomic E-state index is 13.4. The molecule has 0 aliphatic carbocycles. The molecule has 1 fully saturated rings. The van der Waals surface area contributed by atoms with Gasteiger partial charge in [0.2, 0.25) is 0 Å². The lowest BCUT2D eigenvalue weighted by molar-refractivity contribution is 0.0984. The van der Waals surface area contributed by atoms with Crippen molar-refractivity contribution in [1.82, 2.24) is 15.0 Å². The zero-order valence-corrected chi connectivity index (χ0v) is 18.0. The molecular weight excluding hydrogens is 429 g/mol. The lowest BCUT2D eigenvalue weighted by Crippen LogP contribution is -2.37. The Labute approximate surface area is 188 Å². The molecule has 2 aliphatic rings. The van der Waals surface area contributed by atoms with E-state index in [4.69, 9.17) is 5.73 Å². The van der Waals surface area contributed by atoms with Crippen molar-refractivity contribution in [2.75, 3.05) is 35.2 Å². The highest BCUT2D eigenvalue weighted by molar-refractivity contribution is 7.17. The van der Waals surface area contributed by atoms with Gasteiger partial charge in [0.1, 0.15) is 33.6 Å². The fourth-order valence-electron chi connectivity index (χ4n) is 4.05. The summed E-state index contributed by atoms with van der Waals surface area (Å²) < 4.78 is 13.4. The Morgan fingerprint density at radius 1 is 1.19 bits per heavy atom. The number of hydrogen-bond acceptors (Lipinski definition) is 8. The molecule has 32 heavy (non-hydrogen) atoms. The first-order chi connectivity index (χ1) is 15.5. The van der Waals surface area contributed by atoms with Crippen molar-refractivity contribution in [3.63, 3.8) is 0 Å². The van der Waals surface area contributed by atoms with Crippen LogP contribution in [-0.4, -0.2) is 46.7 Å². The maximum Gasteiger partial charge on any atom is 0.270 e. The van der Waals surface area contributed by atoms with Gasteiger partial charge >= 0.3 is 0 Å².